The number of carbonyl (C=O) groups is 1. The van der Waals surface area contributed by atoms with Gasteiger partial charge in [-0.25, -0.2) is 0 Å². The molecular formula is C12H15N3O4S. The molecule has 0 aliphatic carbocycles. The van der Waals surface area contributed by atoms with Gasteiger partial charge in [-0.05, 0) is 19.1 Å². The molecule has 0 fully saturated rings. The van der Waals surface area contributed by atoms with Crippen LogP contribution in [0.4, 0.5) is 0 Å². The highest BCUT2D eigenvalue weighted by Gasteiger charge is 2.13. The minimum Gasteiger partial charge on any atom is -0.459 e. The first-order chi connectivity index (χ1) is 9.69. The highest BCUT2D eigenvalue weighted by molar-refractivity contribution is 7.99. The van der Waals surface area contributed by atoms with E-state index in [4.69, 9.17) is 13.6 Å². The van der Waals surface area contributed by atoms with Crippen LogP contribution in [0.3, 0.4) is 0 Å². The predicted molar refractivity (Wildman–Crippen MR) is 72.2 cm³/mol. The standard InChI is InChI=1S/C12H15N3O4S/c1-8(6-17-2)13-10(16)7-20-12-15-14-11(19-12)9-4-3-5-18-9/h3-5,8H,6-7H2,1-2H3,(H,13,16)/t8-/m1/s1. The molecule has 0 aliphatic heterocycles. The molecule has 2 aromatic heterocycles. The second-order valence-electron chi connectivity index (χ2n) is 4.06. The van der Waals surface area contributed by atoms with E-state index >= 15 is 0 Å². The zero-order chi connectivity index (χ0) is 14.4. The molecule has 0 saturated heterocycles. The van der Waals surface area contributed by atoms with Gasteiger partial charge in [0.2, 0.25) is 5.91 Å². The van der Waals surface area contributed by atoms with Gasteiger partial charge in [0.15, 0.2) is 5.76 Å². The number of hydrogen-bond acceptors (Lipinski definition) is 7. The van der Waals surface area contributed by atoms with Gasteiger partial charge in [-0.15, -0.1) is 10.2 Å². The summed E-state index contributed by atoms with van der Waals surface area (Å²) >= 11 is 1.17. The van der Waals surface area contributed by atoms with Crippen LogP contribution in [0.2, 0.25) is 0 Å². The Kier molecular flexibility index (Phi) is 5.19. The minimum absolute atomic E-state index is 0.0329. The number of nitrogens with one attached hydrogen (secondary N) is 1. The van der Waals surface area contributed by atoms with Crippen molar-refractivity contribution < 1.29 is 18.4 Å². The quantitative estimate of drug-likeness (QED) is 0.776. The highest BCUT2D eigenvalue weighted by Crippen LogP contribution is 2.23. The summed E-state index contributed by atoms with van der Waals surface area (Å²) in [6.45, 7) is 2.34. The number of ether oxygens (including phenoxy) is 1. The third-order valence-corrected chi connectivity index (χ3v) is 3.11. The number of rotatable bonds is 7. The molecule has 0 radical (unpaired) electrons. The number of thioether (sulfide) groups is 1. The van der Waals surface area contributed by atoms with Crippen molar-refractivity contribution in [3.05, 3.63) is 18.4 Å². The molecule has 0 aliphatic rings. The Morgan fingerprint density at radius 2 is 2.40 bits per heavy atom. The Morgan fingerprint density at radius 3 is 3.10 bits per heavy atom. The molecule has 2 rings (SSSR count). The van der Waals surface area contributed by atoms with Gasteiger partial charge in [0, 0.05) is 13.2 Å². The molecule has 0 spiro atoms. The van der Waals surface area contributed by atoms with E-state index < -0.39 is 0 Å². The zero-order valence-corrected chi connectivity index (χ0v) is 12.0. The molecule has 1 amide bonds. The second kappa shape index (κ2) is 7.11. The normalized spacial score (nSPS) is 12.3. The lowest BCUT2D eigenvalue weighted by molar-refractivity contribution is -0.119. The van der Waals surface area contributed by atoms with Gasteiger partial charge in [0.05, 0.1) is 18.6 Å². The van der Waals surface area contributed by atoms with Gasteiger partial charge in [-0.1, -0.05) is 11.8 Å². The Morgan fingerprint density at radius 1 is 1.55 bits per heavy atom. The molecule has 2 heterocycles. The summed E-state index contributed by atoms with van der Waals surface area (Å²) in [5.74, 6) is 0.888. The summed E-state index contributed by atoms with van der Waals surface area (Å²) in [6, 6.07) is 3.42. The Bertz CT molecular complexity index is 541. The van der Waals surface area contributed by atoms with Crippen molar-refractivity contribution >= 4 is 17.7 Å². The van der Waals surface area contributed by atoms with Crippen LogP contribution in [0.5, 0.6) is 0 Å². The topological polar surface area (TPSA) is 90.4 Å². The van der Waals surface area contributed by atoms with E-state index in [0.29, 0.717) is 23.5 Å². The number of amides is 1. The molecule has 108 valence electrons. The van der Waals surface area contributed by atoms with Gasteiger partial charge >= 0.3 is 0 Å². The third kappa shape index (κ3) is 4.10. The first-order valence-electron chi connectivity index (χ1n) is 5.97. The van der Waals surface area contributed by atoms with Gasteiger partial charge in [0.25, 0.3) is 11.1 Å². The fraction of sp³-hybridized carbons (Fsp3) is 0.417. The molecule has 7 nitrogen and oxygen atoms in total. The van der Waals surface area contributed by atoms with E-state index in [-0.39, 0.29) is 17.7 Å². The molecule has 0 aromatic carbocycles. The van der Waals surface area contributed by atoms with Crippen molar-refractivity contribution in [1.82, 2.24) is 15.5 Å². The highest BCUT2D eigenvalue weighted by atomic mass is 32.2. The second-order valence-corrected chi connectivity index (χ2v) is 4.99. The molecule has 0 saturated carbocycles. The van der Waals surface area contributed by atoms with Crippen molar-refractivity contribution in [3.8, 4) is 11.7 Å². The van der Waals surface area contributed by atoms with Crippen molar-refractivity contribution in [2.45, 2.75) is 18.2 Å². The lowest BCUT2D eigenvalue weighted by Crippen LogP contribution is -2.36. The molecule has 0 unspecified atom stereocenters. The van der Waals surface area contributed by atoms with Crippen molar-refractivity contribution in [3.63, 3.8) is 0 Å². The maximum absolute atomic E-state index is 11.6. The number of methoxy groups -OCH3 is 1. The molecular weight excluding hydrogens is 282 g/mol. The number of carbonyl (C=O) groups excluding carboxylic acids is 1. The van der Waals surface area contributed by atoms with E-state index in [2.05, 4.69) is 15.5 Å². The maximum Gasteiger partial charge on any atom is 0.284 e. The number of furan rings is 1. The van der Waals surface area contributed by atoms with Gasteiger partial charge in [0.1, 0.15) is 0 Å². The zero-order valence-electron chi connectivity index (χ0n) is 11.2. The van der Waals surface area contributed by atoms with Gasteiger partial charge in [-0.2, -0.15) is 0 Å². The first-order valence-corrected chi connectivity index (χ1v) is 6.96. The monoisotopic (exact) mass is 297 g/mol. The number of aromatic nitrogens is 2. The summed E-state index contributed by atoms with van der Waals surface area (Å²) in [6.07, 6.45) is 1.52. The molecule has 2 aromatic rings. The lowest BCUT2D eigenvalue weighted by atomic mass is 10.3. The van der Waals surface area contributed by atoms with E-state index in [9.17, 15) is 4.79 Å². The maximum atomic E-state index is 11.6. The van der Waals surface area contributed by atoms with Crippen molar-refractivity contribution in [2.75, 3.05) is 19.5 Å². The van der Waals surface area contributed by atoms with Crippen molar-refractivity contribution in [1.29, 1.82) is 0 Å². The fourth-order valence-corrected chi connectivity index (χ4v) is 2.08. The van der Waals surface area contributed by atoms with Crippen molar-refractivity contribution in [2.24, 2.45) is 0 Å². The Hall–Kier alpha value is -1.80. The van der Waals surface area contributed by atoms with Crippen LogP contribution in [0.1, 0.15) is 6.92 Å². The average Bonchev–Trinajstić information content (AvgIpc) is 3.07. The number of nitrogens with zero attached hydrogens (tertiary/aromatic N) is 2. The average molecular weight is 297 g/mol. The van der Waals surface area contributed by atoms with Crippen LogP contribution < -0.4 is 5.32 Å². The third-order valence-electron chi connectivity index (χ3n) is 2.29. The molecule has 8 heteroatoms. The summed E-state index contributed by atoms with van der Waals surface area (Å²) in [7, 11) is 1.59. The van der Waals surface area contributed by atoms with E-state index in [1.54, 1.807) is 19.2 Å². The largest absolute Gasteiger partial charge is 0.459 e. The molecule has 1 N–H and O–H groups in total. The van der Waals surface area contributed by atoms with E-state index in [1.807, 2.05) is 6.92 Å². The van der Waals surface area contributed by atoms with Crippen LogP contribution in [0.25, 0.3) is 11.7 Å². The van der Waals surface area contributed by atoms with Crippen LogP contribution in [0.15, 0.2) is 32.5 Å². The number of hydrogen-bond donors (Lipinski definition) is 1. The van der Waals surface area contributed by atoms with E-state index in [0.717, 1.165) is 0 Å². The lowest BCUT2D eigenvalue weighted by Gasteiger charge is -2.11. The first kappa shape index (κ1) is 14.6. The van der Waals surface area contributed by atoms with Crippen LogP contribution in [-0.4, -0.2) is 41.6 Å². The van der Waals surface area contributed by atoms with Crippen LogP contribution >= 0.6 is 11.8 Å². The van der Waals surface area contributed by atoms with Gasteiger partial charge < -0.3 is 18.9 Å². The molecule has 20 heavy (non-hydrogen) atoms. The summed E-state index contributed by atoms with van der Waals surface area (Å²) in [4.78, 5) is 11.6. The minimum atomic E-state index is -0.114. The smallest absolute Gasteiger partial charge is 0.284 e. The Labute approximate surface area is 120 Å². The summed E-state index contributed by atoms with van der Waals surface area (Å²) in [5, 5.41) is 10.8. The fourth-order valence-electron chi connectivity index (χ4n) is 1.50. The predicted octanol–water partition coefficient (Wildman–Crippen LogP) is 1.57. The van der Waals surface area contributed by atoms with Crippen LogP contribution in [-0.2, 0) is 9.53 Å². The van der Waals surface area contributed by atoms with Crippen LogP contribution in [0, 0.1) is 0 Å². The molecule has 0 bridgehead atoms. The summed E-state index contributed by atoms with van der Waals surface area (Å²) < 4.78 is 15.5. The van der Waals surface area contributed by atoms with E-state index in [1.165, 1.54) is 18.0 Å². The molecule has 1 atom stereocenters. The Balaban J connectivity index is 1.81. The SMILES string of the molecule is COC[C@@H](C)NC(=O)CSc1nnc(-c2ccco2)o1. The van der Waals surface area contributed by atoms with Gasteiger partial charge in [-0.3, -0.25) is 4.79 Å². The summed E-state index contributed by atoms with van der Waals surface area (Å²) in [5.41, 5.74) is 0.